The number of amides is 1. The van der Waals surface area contributed by atoms with Crippen LogP contribution < -0.4 is 10.2 Å². The minimum Gasteiger partial charge on any atom is -0.369 e. The molecule has 1 amide bonds. The molecule has 0 atom stereocenters. The summed E-state index contributed by atoms with van der Waals surface area (Å²) >= 11 is 0. The van der Waals surface area contributed by atoms with Crippen LogP contribution in [0.15, 0.2) is 28.8 Å². The Bertz CT molecular complexity index is 864. The van der Waals surface area contributed by atoms with Gasteiger partial charge in [-0.05, 0) is 69.7 Å². The fourth-order valence-corrected chi connectivity index (χ4v) is 4.68. The molecule has 1 saturated heterocycles. The van der Waals surface area contributed by atoms with Gasteiger partial charge < -0.3 is 14.7 Å². The van der Waals surface area contributed by atoms with Crippen molar-refractivity contribution in [3.05, 3.63) is 46.8 Å². The summed E-state index contributed by atoms with van der Waals surface area (Å²) in [5, 5.41) is 6.96. The Balaban J connectivity index is 1.12. The zero-order valence-electron chi connectivity index (χ0n) is 18.5. The van der Waals surface area contributed by atoms with Gasteiger partial charge in [0.05, 0.1) is 12.1 Å². The fraction of sp³-hybridized carbons (Fsp3) is 0.583. The number of benzene rings is 1. The van der Waals surface area contributed by atoms with E-state index in [2.05, 4.69) is 52.3 Å². The molecule has 1 aromatic carbocycles. The van der Waals surface area contributed by atoms with Crippen LogP contribution in [0.1, 0.15) is 41.8 Å². The van der Waals surface area contributed by atoms with Gasteiger partial charge in [0, 0.05) is 44.0 Å². The van der Waals surface area contributed by atoms with Crippen molar-refractivity contribution in [3.63, 3.8) is 0 Å². The Hall–Kier alpha value is -2.34. The highest BCUT2D eigenvalue weighted by molar-refractivity contribution is 5.78. The van der Waals surface area contributed by atoms with Crippen molar-refractivity contribution in [1.82, 2.24) is 15.4 Å². The van der Waals surface area contributed by atoms with Crippen LogP contribution in [-0.2, 0) is 11.2 Å². The van der Waals surface area contributed by atoms with E-state index in [9.17, 15) is 4.79 Å². The highest BCUT2D eigenvalue weighted by Gasteiger charge is 2.31. The average Bonchev–Trinajstić information content (AvgIpc) is 3.10. The third-order valence-electron chi connectivity index (χ3n) is 6.75. The molecule has 1 aliphatic heterocycles. The summed E-state index contributed by atoms with van der Waals surface area (Å²) in [6, 6.07) is 8.77. The van der Waals surface area contributed by atoms with Crippen LogP contribution >= 0.6 is 0 Å². The first-order valence-corrected chi connectivity index (χ1v) is 11.2. The van der Waals surface area contributed by atoms with Crippen molar-refractivity contribution in [2.75, 3.05) is 37.6 Å². The third kappa shape index (κ3) is 5.04. The monoisotopic (exact) mass is 410 g/mol. The van der Waals surface area contributed by atoms with Crippen LogP contribution in [0.25, 0.3) is 0 Å². The molecule has 0 bridgehead atoms. The molecule has 2 aromatic rings. The quantitative estimate of drug-likeness (QED) is 0.759. The maximum Gasteiger partial charge on any atom is 0.227 e. The van der Waals surface area contributed by atoms with E-state index in [-0.39, 0.29) is 12.3 Å². The second-order valence-electron chi connectivity index (χ2n) is 9.05. The predicted octanol–water partition coefficient (Wildman–Crippen LogP) is 3.25. The Morgan fingerprint density at radius 2 is 1.93 bits per heavy atom. The summed E-state index contributed by atoms with van der Waals surface area (Å²) < 4.78 is 5.12. The van der Waals surface area contributed by atoms with Crippen molar-refractivity contribution in [1.29, 1.82) is 0 Å². The molecule has 4 rings (SSSR count). The maximum absolute atomic E-state index is 12.1. The van der Waals surface area contributed by atoms with Crippen molar-refractivity contribution in [2.45, 2.75) is 52.5 Å². The molecule has 30 heavy (non-hydrogen) atoms. The van der Waals surface area contributed by atoms with E-state index in [1.807, 2.05) is 13.0 Å². The van der Waals surface area contributed by atoms with Gasteiger partial charge in [-0.1, -0.05) is 17.3 Å². The molecule has 2 heterocycles. The lowest BCUT2D eigenvalue weighted by molar-refractivity contribution is -0.122. The number of carbonyl (C=O) groups excluding carboxylic acids is 1. The standard InChI is InChI=1S/C24H34N4O2/c1-17-5-4-6-23(19(17)3)28-11-9-27(10-12-28)8-7-20-14-21(15-20)25-24(29)16-22-13-18(2)26-30-22/h4-6,13,20-21H,7-12,14-16H2,1-3H3,(H,25,29). The van der Waals surface area contributed by atoms with Gasteiger partial charge >= 0.3 is 0 Å². The lowest BCUT2D eigenvalue weighted by atomic mass is 9.78. The number of anilines is 1. The van der Waals surface area contributed by atoms with E-state index in [0.717, 1.165) is 50.6 Å². The van der Waals surface area contributed by atoms with Crippen molar-refractivity contribution >= 4 is 11.6 Å². The predicted molar refractivity (Wildman–Crippen MR) is 119 cm³/mol. The maximum atomic E-state index is 12.1. The second-order valence-corrected chi connectivity index (χ2v) is 9.05. The van der Waals surface area contributed by atoms with E-state index in [4.69, 9.17) is 4.52 Å². The van der Waals surface area contributed by atoms with Gasteiger partial charge in [-0.25, -0.2) is 0 Å². The SMILES string of the molecule is Cc1cc(CC(=O)NC2CC(CCN3CCN(c4cccc(C)c4C)CC3)C2)on1. The van der Waals surface area contributed by atoms with Gasteiger partial charge in [-0.3, -0.25) is 9.69 Å². The van der Waals surface area contributed by atoms with Crippen molar-refractivity contribution in [2.24, 2.45) is 5.92 Å². The molecule has 6 nitrogen and oxygen atoms in total. The normalized spacial score (nSPS) is 22.0. The number of nitrogens with zero attached hydrogens (tertiary/aromatic N) is 3. The van der Waals surface area contributed by atoms with Gasteiger partial charge in [0.1, 0.15) is 5.76 Å². The molecular weight excluding hydrogens is 376 g/mol. The summed E-state index contributed by atoms with van der Waals surface area (Å²) in [5.41, 5.74) is 4.99. The number of aromatic nitrogens is 1. The first kappa shape index (κ1) is 20.9. The lowest BCUT2D eigenvalue weighted by Gasteiger charge is -2.40. The third-order valence-corrected chi connectivity index (χ3v) is 6.75. The van der Waals surface area contributed by atoms with E-state index in [1.165, 1.54) is 29.8 Å². The zero-order chi connectivity index (χ0) is 21.1. The molecule has 0 spiro atoms. The first-order chi connectivity index (χ1) is 14.5. The summed E-state index contributed by atoms with van der Waals surface area (Å²) in [5.74, 6) is 1.41. The molecule has 6 heteroatoms. The zero-order valence-corrected chi connectivity index (χ0v) is 18.5. The Kier molecular flexibility index (Phi) is 6.42. The lowest BCUT2D eigenvalue weighted by Crippen LogP contribution is -2.48. The molecule has 2 aliphatic rings. The van der Waals surface area contributed by atoms with Gasteiger partial charge in [-0.15, -0.1) is 0 Å². The van der Waals surface area contributed by atoms with Gasteiger partial charge in [0.15, 0.2) is 0 Å². The van der Waals surface area contributed by atoms with Crippen LogP contribution in [0.2, 0.25) is 0 Å². The minimum atomic E-state index is 0.0390. The summed E-state index contributed by atoms with van der Waals surface area (Å²) in [6.07, 6.45) is 3.72. The van der Waals surface area contributed by atoms with Crippen LogP contribution in [-0.4, -0.2) is 54.7 Å². The van der Waals surface area contributed by atoms with Crippen LogP contribution in [0.3, 0.4) is 0 Å². The highest BCUT2D eigenvalue weighted by Crippen LogP contribution is 2.31. The van der Waals surface area contributed by atoms with Gasteiger partial charge in [0.2, 0.25) is 5.91 Å². The summed E-state index contributed by atoms with van der Waals surface area (Å²) in [7, 11) is 0. The number of hydrogen-bond acceptors (Lipinski definition) is 5. The topological polar surface area (TPSA) is 61.6 Å². The van der Waals surface area contributed by atoms with Crippen molar-refractivity contribution in [3.8, 4) is 0 Å². The fourth-order valence-electron chi connectivity index (χ4n) is 4.68. The number of aryl methyl sites for hydroxylation is 2. The molecular formula is C24H34N4O2. The van der Waals surface area contributed by atoms with Crippen LogP contribution in [0.5, 0.6) is 0 Å². The second kappa shape index (κ2) is 9.21. The largest absolute Gasteiger partial charge is 0.369 e. The Labute approximate surface area is 179 Å². The molecule has 1 aromatic heterocycles. The molecule has 1 saturated carbocycles. The summed E-state index contributed by atoms with van der Waals surface area (Å²) in [4.78, 5) is 17.2. The number of piperazine rings is 1. The highest BCUT2D eigenvalue weighted by atomic mass is 16.5. The van der Waals surface area contributed by atoms with E-state index in [0.29, 0.717) is 11.8 Å². The van der Waals surface area contributed by atoms with Crippen LogP contribution in [0, 0.1) is 26.7 Å². The van der Waals surface area contributed by atoms with Crippen LogP contribution in [0.4, 0.5) is 5.69 Å². The van der Waals surface area contributed by atoms with Gasteiger partial charge in [0.25, 0.3) is 0 Å². The first-order valence-electron chi connectivity index (χ1n) is 11.2. The summed E-state index contributed by atoms with van der Waals surface area (Å²) in [6.45, 7) is 11.9. The number of hydrogen-bond donors (Lipinski definition) is 1. The Morgan fingerprint density at radius 1 is 1.17 bits per heavy atom. The Morgan fingerprint density at radius 3 is 2.63 bits per heavy atom. The van der Waals surface area contributed by atoms with E-state index >= 15 is 0 Å². The number of rotatable bonds is 7. The molecule has 1 N–H and O–H groups in total. The number of nitrogens with one attached hydrogen (secondary N) is 1. The molecule has 162 valence electrons. The van der Waals surface area contributed by atoms with E-state index < -0.39 is 0 Å². The van der Waals surface area contributed by atoms with Gasteiger partial charge in [-0.2, -0.15) is 0 Å². The smallest absolute Gasteiger partial charge is 0.227 e. The average molecular weight is 411 g/mol. The van der Waals surface area contributed by atoms with E-state index in [1.54, 1.807) is 0 Å². The molecule has 0 radical (unpaired) electrons. The molecule has 0 unspecified atom stereocenters. The molecule has 2 fully saturated rings. The molecule has 1 aliphatic carbocycles. The van der Waals surface area contributed by atoms with Crippen molar-refractivity contribution < 1.29 is 9.32 Å². The number of carbonyl (C=O) groups is 1. The minimum absolute atomic E-state index is 0.0390.